The van der Waals surface area contributed by atoms with Crippen molar-refractivity contribution in [1.29, 1.82) is 5.26 Å². The summed E-state index contributed by atoms with van der Waals surface area (Å²) in [7, 11) is 1.66. The molecule has 1 aliphatic heterocycles. The lowest BCUT2D eigenvalue weighted by Gasteiger charge is -2.34. The Bertz CT molecular complexity index is 1330. The molecule has 1 N–H and O–H groups in total. The highest BCUT2D eigenvalue weighted by atomic mass is 16.5. The summed E-state index contributed by atoms with van der Waals surface area (Å²) >= 11 is 0. The molecule has 1 saturated heterocycles. The van der Waals surface area contributed by atoms with Crippen LogP contribution in [-0.2, 0) is 30.8 Å². The van der Waals surface area contributed by atoms with E-state index in [1.165, 1.54) is 11.1 Å². The van der Waals surface area contributed by atoms with Crippen LogP contribution in [0, 0.1) is 11.3 Å². The van der Waals surface area contributed by atoms with Gasteiger partial charge in [0.05, 0.1) is 12.7 Å². The van der Waals surface area contributed by atoms with Crippen molar-refractivity contribution in [1.82, 2.24) is 4.90 Å². The van der Waals surface area contributed by atoms with Gasteiger partial charge in [0.2, 0.25) is 0 Å². The normalized spacial score (nSPS) is 17.1. The average Bonchev–Trinajstić information content (AvgIpc) is 3.43. The average molecular weight is 497 g/mol. The highest BCUT2D eigenvalue weighted by Crippen LogP contribution is 2.41. The van der Waals surface area contributed by atoms with Crippen LogP contribution >= 0.6 is 0 Å². The smallest absolute Gasteiger partial charge is 0.320 e. The molecule has 0 unspecified atom stereocenters. The SMILES string of the molecule is COc1cc(OCc2cccc(-c3ccccc3)c2C#N)c2c(c1CN1CCCC[C@H]1C(=O)O)CCC2. The molecule has 6 nitrogen and oxygen atoms in total. The summed E-state index contributed by atoms with van der Waals surface area (Å²) < 4.78 is 12.2. The number of carboxylic acids is 1. The van der Waals surface area contributed by atoms with Gasteiger partial charge in [-0.1, -0.05) is 55.0 Å². The number of likely N-dealkylation sites (tertiary alicyclic amines) is 1. The van der Waals surface area contributed by atoms with Crippen LogP contribution < -0.4 is 9.47 Å². The van der Waals surface area contributed by atoms with Gasteiger partial charge in [0, 0.05) is 23.7 Å². The zero-order valence-electron chi connectivity index (χ0n) is 21.2. The van der Waals surface area contributed by atoms with Gasteiger partial charge in [-0.05, 0) is 60.9 Å². The Morgan fingerprint density at radius 1 is 1.05 bits per heavy atom. The second-order valence-electron chi connectivity index (χ2n) is 9.79. The monoisotopic (exact) mass is 496 g/mol. The summed E-state index contributed by atoms with van der Waals surface area (Å²) in [4.78, 5) is 13.9. The van der Waals surface area contributed by atoms with E-state index in [9.17, 15) is 15.2 Å². The maximum Gasteiger partial charge on any atom is 0.320 e. The van der Waals surface area contributed by atoms with Crippen molar-refractivity contribution in [3.63, 3.8) is 0 Å². The van der Waals surface area contributed by atoms with E-state index in [2.05, 4.69) is 11.0 Å². The molecule has 1 fully saturated rings. The van der Waals surface area contributed by atoms with Crippen molar-refractivity contribution >= 4 is 5.97 Å². The zero-order valence-corrected chi connectivity index (χ0v) is 21.2. The highest BCUT2D eigenvalue weighted by Gasteiger charge is 2.31. The van der Waals surface area contributed by atoms with Crippen molar-refractivity contribution in [3.05, 3.63) is 82.4 Å². The largest absolute Gasteiger partial charge is 0.496 e. The molecular formula is C31H32N2O4. The Hall–Kier alpha value is -3.82. The molecule has 2 aliphatic rings. The Morgan fingerprint density at radius 2 is 1.86 bits per heavy atom. The lowest BCUT2D eigenvalue weighted by atomic mass is 9.96. The molecule has 0 bridgehead atoms. The van der Waals surface area contributed by atoms with E-state index < -0.39 is 12.0 Å². The molecule has 0 radical (unpaired) electrons. The first-order chi connectivity index (χ1) is 18.1. The van der Waals surface area contributed by atoms with E-state index in [0.29, 0.717) is 18.5 Å². The van der Waals surface area contributed by atoms with Crippen molar-refractivity contribution in [2.45, 2.75) is 57.7 Å². The Morgan fingerprint density at radius 3 is 2.62 bits per heavy atom. The number of carbonyl (C=O) groups is 1. The first kappa shape index (κ1) is 24.9. The van der Waals surface area contributed by atoms with Crippen LogP contribution in [0.5, 0.6) is 11.5 Å². The molecule has 0 amide bonds. The van der Waals surface area contributed by atoms with Gasteiger partial charge in [-0.25, -0.2) is 0 Å². The Kier molecular flexibility index (Phi) is 7.43. The third kappa shape index (κ3) is 5.05. The zero-order chi connectivity index (χ0) is 25.8. The first-order valence-corrected chi connectivity index (χ1v) is 13.0. The predicted octanol–water partition coefficient (Wildman–Crippen LogP) is 5.74. The number of aliphatic carboxylic acids is 1. The van der Waals surface area contributed by atoms with Crippen LogP contribution in [0.15, 0.2) is 54.6 Å². The molecule has 1 atom stereocenters. The summed E-state index contributed by atoms with van der Waals surface area (Å²) in [5.41, 5.74) is 6.86. The quantitative estimate of drug-likeness (QED) is 0.428. The van der Waals surface area contributed by atoms with Crippen LogP contribution in [0.3, 0.4) is 0 Å². The van der Waals surface area contributed by atoms with Gasteiger partial charge in [-0.15, -0.1) is 0 Å². The molecule has 6 heteroatoms. The van der Waals surface area contributed by atoms with E-state index in [1.807, 2.05) is 54.6 Å². The van der Waals surface area contributed by atoms with Gasteiger partial charge in [0.15, 0.2) is 0 Å². The topological polar surface area (TPSA) is 82.8 Å². The molecule has 1 aliphatic carbocycles. The highest BCUT2D eigenvalue weighted by molar-refractivity contribution is 5.74. The number of fused-ring (bicyclic) bond motifs is 1. The molecule has 1 heterocycles. The van der Waals surface area contributed by atoms with Gasteiger partial charge in [0.1, 0.15) is 30.2 Å². The van der Waals surface area contributed by atoms with Gasteiger partial charge in [0.25, 0.3) is 0 Å². The molecular weight excluding hydrogens is 464 g/mol. The van der Waals surface area contributed by atoms with Gasteiger partial charge < -0.3 is 14.6 Å². The number of rotatable bonds is 8. The van der Waals surface area contributed by atoms with Gasteiger partial charge >= 0.3 is 5.97 Å². The Labute approximate surface area is 218 Å². The number of ether oxygens (including phenoxy) is 2. The standard InChI is InChI=1S/C31H32N2O4/c1-36-29-17-30(37-20-22-11-7-12-23(26(22)18-32)21-9-3-2-4-10-21)25-14-8-13-24(25)27(29)19-33-16-6-5-15-28(33)31(34)35/h2-4,7,9-12,17,28H,5-6,8,13-16,19-20H2,1H3,(H,34,35)/t28-/m0/s1. The van der Waals surface area contributed by atoms with E-state index in [4.69, 9.17) is 9.47 Å². The summed E-state index contributed by atoms with van der Waals surface area (Å²) in [6.45, 7) is 1.63. The van der Waals surface area contributed by atoms with E-state index in [0.717, 1.165) is 72.4 Å². The van der Waals surface area contributed by atoms with Crippen LogP contribution in [0.2, 0.25) is 0 Å². The molecule has 5 rings (SSSR count). The summed E-state index contributed by atoms with van der Waals surface area (Å²) in [5, 5.41) is 19.7. The lowest BCUT2D eigenvalue weighted by molar-refractivity contribution is -0.144. The van der Waals surface area contributed by atoms with Crippen molar-refractivity contribution in [2.75, 3.05) is 13.7 Å². The van der Waals surface area contributed by atoms with Crippen LogP contribution in [0.25, 0.3) is 11.1 Å². The first-order valence-electron chi connectivity index (χ1n) is 13.0. The Balaban J connectivity index is 1.43. The second-order valence-corrected chi connectivity index (χ2v) is 9.79. The molecule has 0 spiro atoms. The minimum absolute atomic E-state index is 0.283. The predicted molar refractivity (Wildman–Crippen MR) is 142 cm³/mol. The number of hydrogen-bond donors (Lipinski definition) is 1. The molecule has 0 saturated carbocycles. The third-order valence-corrected chi connectivity index (χ3v) is 7.65. The summed E-state index contributed by atoms with van der Waals surface area (Å²) in [6, 6.07) is 19.7. The van der Waals surface area contributed by atoms with E-state index in [1.54, 1.807) is 7.11 Å². The molecule has 0 aromatic heterocycles. The number of piperidine rings is 1. The minimum Gasteiger partial charge on any atom is -0.496 e. The number of carboxylic acid groups (broad SMARTS) is 1. The van der Waals surface area contributed by atoms with Crippen molar-refractivity contribution in [2.24, 2.45) is 0 Å². The third-order valence-electron chi connectivity index (χ3n) is 7.65. The fourth-order valence-electron chi connectivity index (χ4n) is 5.80. The molecule has 3 aromatic carbocycles. The van der Waals surface area contributed by atoms with E-state index in [-0.39, 0.29) is 6.61 Å². The summed E-state index contributed by atoms with van der Waals surface area (Å²) in [5.74, 6) is 0.778. The minimum atomic E-state index is -0.749. The molecule has 190 valence electrons. The number of nitrogens with zero attached hydrogens (tertiary/aromatic N) is 2. The maximum absolute atomic E-state index is 11.9. The fraction of sp³-hybridized carbons (Fsp3) is 0.355. The number of benzene rings is 3. The van der Waals surface area contributed by atoms with Crippen molar-refractivity contribution in [3.8, 4) is 28.7 Å². The number of methoxy groups -OCH3 is 1. The molecule has 37 heavy (non-hydrogen) atoms. The van der Waals surface area contributed by atoms with Crippen molar-refractivity contribution < 1.29 is 19.4 Å². The number of nitriles is 1. The van der Waals surface area contributed by atoms with Crippen LogP contribution in [-0.4, -0.2) is 35.7 Å². The second kappa shape index (κ2) is 11.1. The molecule has 3 aromatic rings. The van der Waals surface area contributed by atoms with Gasteiger partial charge in [-0.3, -0.25) is 9.69 Å². The lowest BCUT2D eigenvalue weighted by Crippen LogP contribution is -2.44. The van der Waals surface area contributed by atoms with E-state index >= 15 is 0 Å². The van der Waals surface area contributed by atoms with Crippen LogP contribution in [0.4, 0.5) is 0 Å². The summed E-state index contributed by atoms with van der Waals surface area (Å²) in [6.07, 6.45) is 5.52. The van der Waals surface area contributed by atoms with Crippen LogP contribution in [0.1, 0.15) is 53.5 Å². The number of hydrogen-bond acceptors (Lipinski definition) is 5. The fourth-order valence-corrected chi connectivity index (χ4v) is 5.80. The van der Waals surface area contributed by atoms with Gasteiger partial charge in [-0.2, -0.15) is 5.26 Å². The maximum atomic E-state index is 11.9.